The first-order chi connectivity index (χ1) is 10.6. The van der Waals surface area contributed by atoms with E-state index in [-0.39, 0.29) is 6.10 Å². The number of benzene rings is 1. The summed E-state index contributed by atoms with van der Waals surface area (Å²) in [5.41, 5.74) is 3.83. The molecule has 0 saturated carbocycles. The molecule has 2 atom stereocenters. The van der Waals surface area contributed by atoms with Crippen LogP contribution in [0.3, 0.4) is 0 Å². The molecule has 2 N–H and O–H groups in total. The Bertz CT molecular complexity index is 656. The van der Waals surface area contributed by atoms with E-state index in [9.17, 15) is 5.11 Å². The van der Waals surface area contributed by atoms with E-state index in [2.05, 4.69) is 47.4 Å². The number of nitrogens with one attached hydrogen (secondary N) is 1. The topological polar surface area (TPSA) is 39.3 Å². The summed E-state index contributed by atoms with van der Waals surface area (Å²) in [6.07, 6.45) is 10.5. The number of fused-ring (bicyclic) bond motifs is 1. The van der Waals surface area contributed by atoms with Crippen LogP contribution in [0.1, 0.15) is 37.3 Å². The second kappa shape index (κ2) is 6.67. The first kappa shape index (κ1) is 15.3. The Balaban J connectivity index is 1.80. The number of likely N-dealkylation sites (N-methyl/N-ethyl adjacent to an activating group) is 1. The smallest absolute Gasteiger partial charge is 0.0546 e. The van der Waals surface area contributed by atoms with Gasteiger partial charge in [0.15, 0.2) is 0 Å². The number of nitrogens with zero attached hydrogens (tertiary/aromatic N) is 1. The van der Waals surface area contributed by atoms with Gasteiger partial charge in [0.2, 0.25) is 0 Å². The summed E-state index contributed by atoms with van der Waals surface area (Å²) in [6.45, 7) is 3.04. The molecule has 1 aromatic heterocycles. The maximum Gasteiger partial charge on any atom is 0.0546 e. The molecule has 1 fully saturated rings. The molecular formula is C19H26N2O. The van der Waals surface area contributed by atoms with Gasteiger partial charge in [0.1, 0.15) is 0 Å². The monoisotopic (exact) mass is 298 g/mol. The van der Waals surface area contributed by atoms with Gasteiger partial charge in [-0.05, 0) is 69.5 Å². The Kier molecular flexibility index (Phi) is 4.65. The molecule has 118 valence electrons. The van der Waals surface area contributed by atoms with Crippen LogP contribution in [0.5, 0.6) is 0 Å². The van der Waals surface area contributed by atoms with Gasteiger partial charge in [-0.25, -0.2) is 0 Å². The van der Waals surface area contributed by atoms with Crippen molar-refractivity contribution in [2.75, 3.05) is 13.6 Å². The Morgan fingerprint density at radius 1 is 1.45 bits per heavy atom. The molecule has 1 unspecified atom stereocenters. The van der Waals surface area contributed by atoms with E-state index in [1.54, 1.807) is 0 Å². The van der Waals surface area contributed by atoms with Gasteiger partial charge in [-0.2, -0.15) is 0 Å². The highest BCUT2D eigenvalue weighted by atomic mass is 16.3. The van der Waals surface area contributed by atoms with E-state index >= 15 is 0 Å². The number of aliphatic hydroxyl groups excluding tert-OH is 1. The molecule has 0 spiro atoms. The minimum atomic E-state index is -0.277. The predicted molar refractivity (Wildman–Crippen MR) is 93.0 cm³/mol. The number of likely N-dealkylation sites (tertiary alicyclic amines) is 1. The van der Waals surface area contributed by atoms with Crippen molar-refractivity contribution in [1.82, 2.24) is 9.88 Å². The molecule has 2 heterocycles. The zero-order valence-corrected chi connectivity index (χ0v) is 13.5. The summed E-state index contributed by atoms with van der Waals surface area (Å²) in [4.78, 5) is 5.87. The van der Waals surface area contributed by atoms with Gasteiger partial charge in [-0.1, -0.05) is 18.2 Å². The van der Waals surface area contributed by atoms with Crippen LogP contribution in [0.25, 0.3) is 17.0 Å². The molecule has 1 aromatic carbocycles. The third kappa shape index (κ3) is 3.42. The van der Waals surface area contributed by atoms with Gasteiger partial charge < -0.3 is 15.0 Å². The Morgan fingerprint density at radius 3 is 3.05 bits per heavy atom. The highest BCUT2D eigenvalue weighted by Crippen LogP contribution is 2.25. The normalized spacial score (nSPS) is 21.1. The van der Waals surface area contributed by atoms with E-state index < -0.39 is 0 Å². The molecule has 22 heavy (non-hydrogen) atoms. The van der Waals surface area contributed by atoms with Gasteiger partial charge in [-0.15, -0.1) is 0 Å². The van der Waals surface area contributed by atoms with Crippen molar-refractivity contribution in [2.45, 2.75) is 44.8 Å². The molecular weight excluding hydrogens is 272 g/mol. The summed E-state index contributed by atoms with van der Waals surface area (Å²) in [5, 5.41) is 10.7. The summed E-state index contributed by atoms with van der Waals surface area (Å²) in [6, 6.07) is 7.21. The van der Waals surface area contributed by atoms with E-state index in [0.717, 1.165) is 6.42 Å². The van der Waals surface area contributed by atoms with Crippen molar-refractivity contribution in [1.29, 1.82) is 0 Å². The Hall–Kier alpha value is -1.58. The zero-order chi connectivity index (χ0) is 15.5. The fourth-order valence-corrected chi connectivity index (χ4v) is 3.36. The zero-order valence-electron chi connectivity index (χ0n) is 13.5. The third-order valence-electron chi connectivity index (χ3n) is 4.71. The van der Waals surface area contributed by atoms with Gasteiger partial charge in [-0.3, -0.25) is 0 Å². The molecule has 2 aromatic rings. The fraction of sp³-hybridized carbons (Fsp3) is 0.474. The molecule has 1 aliphatic rings. The number of aromatic amines is 1. The SMILES string of the molecule is CC(O)CC=Cc1ccc2[nH]cc(C[C@H]3CCCN3C)c2c1. The molecule has 0 bridgehead atoms. The average molecular weight is 298 g/mol. The standard InChI is InChI=1S/C19H26N2O/c1-14(22)5-3-6-15-8-9-19-18(11-15)16(13-20-19)12-17-7-4-10-21(17)2/h3,6,8-9,11,13-14,17,20,22H,4-5,7,10,12H2,1-2H3/t14?,17-/m1/s1. The second-order valence-electron chi connectivity index (χ2n) is 6.59. The van der Waals surface area contributed by atoms with E-state index in [1.807, 2.05) is 13.0 Å². The lowest BCUT2D eigenvalue weighted by Gasteiger charge is -2.18. The molecule has 0 aliphatic carbocycles. The van der Waals surface area contributed by atoms with Gasteiger partial charge in [0, 0.05) is 23.1 Å². The van der Waals surface area contributed by atoms with Gasteiger partial charge in [0.05, 0.1) is 6.10 Å². The van der Waals surface area contributed by atoms with E-state index in [4.69, 9.17) is 0 Å². The van der Waals surface area contributed by atoms with Gasteiger partial charge in [0.25, 0.3) is 0 Å². The predicted octanol–water partition coefficient (Wildman–Crippen LogP) is 3.59. The van der Waals surface area contributed by atoms with Crippen LogP contribution in [0, 0.1) is 0 Å². The number of H-pyrrole nitrogens is 1. The quantitative estimate of drug-likeness (QED) is 0.885. The summed E-state index contributed by atoms with van der Waals surface area (Å²) >= 11 is 0. The highest BCUT2D eigenvalue weighted by molar-refractivity contribution is 5.85. The molecule has 1 aliphatic heterocycles. The third-order valence-corrected chi connectivity index (χ3v) is 4.71. The molecule has 1 saturated heterocycles. The maximum atomic E-state index is 9.34. The number of hydrogen-bond acceptors (Lipinski definition) is 2. The first-order valence-corrected chi connectivity index (χ1v) is 8.28. The minimum Gasteiger partial charge on any atom is -0.393 e. The molecule has 3 nitrogen and oxygen atoms in total. The minimum absolute atomic E-state index is 0.277. The highest BCUT2D eigenvalue weighted by Gasteiger charge is 2.22. The van der Waals surface area contributed by atoms with E-state index in [1.165, 1.54) is 41.4 Å². The van der Waals surface area contributed by atoms with Crippen LogP contribution in [0.4, 0.5) is 0 Å². The maximum absolute atomic E-state index is 9.34. The van der Waals surface area contributed by atoms with Crippen LogP contribution in [-0.4, -0.2) is 40.7 Å². The van der Waals surface area contributed by atoms with Crippen molar-refractivity contribution in [3.8, 4) is 0 Å². The van der Waals surface area contributed by atoms with Crippen molar-refractivity contribution < 1.29 is 5.11 Å². The lowest BCUT2D eigenvalue weighted by atomic mass is 10.0. The second-order valence-corrected chi connectivity index (χ2v) is 6.59. The molecule has 3 heteroatoms. The Labute approximate surface area is 132 Å². The number of aliphatic hydroxyl groups is 1. The van der Waals surface area contributed by atoms with Crippen molar-refractivity contribution in [3.05, 3.63) is 41.6 Å². The Morgan fingerprint density at radius 2 is 2.32 bits per heavy atom. The number of hydrogen-bond donors (Lipinski definition) is 2. The van der Waals surface area contributed by atoms with Crippen molar-refractivity contribution >= 4 is 17.0 Å². The van der Waals surface area contributed by atoms with Crippen molar-refractivity contribution in [3.63, 3.8) is 0 Å². The largest absolute Gasteiger partial charge is 0.393 e. The average Bonchev–Trinajstić information content (AvgIpc) is 3.06. The summed E-state index contributed by atoms with van der Waals surface area (Å²) in [5.74, 6) is 0. The van der Waals surface area contributed by atoms with Gasteiger partial charge >= 0.3 is 0 Å². The summed E-state index contributed by atoms with van der Waals surface area (Å²) in [7, 11) is 2.23. The lowest BCUT2D eigenvalue weighted by molar-refractivity contribution is 0.199. The van der Waals surface area contributed by atoms with Crippen LogP contribution >= 0.6 is 0 Å². The van der Waals surface area contributed by atoms with E-state index in [0.29, 0.717) is 12.5 Å². The molecule has 3 rings (SSSR count). The fourth-order valence-electron chi connectivity index (χ4n) is 3.36. The lowest BCUT2D eigenvalue weighted by Crippen LogP contribution is -2.26. The first-order valence-electron chi connectivity index (χ1n) is 8.28. The molecule has 0 amide bonds. The van der Waals surface area contributed by atoms with Crippen LogP contribution < -0.4 is 0 Å². The number of rotatable bonds is 5. The van der Waals surface area contributed by atoms with Crippen LogP contribution in [0.2, 0.25) is 0 Å². The van der Waals surface area contributed by atoms with Crippen molar-refractivity contribution in [2.24, 2.45) is 0 Å². The molecule has 0 radical (unpaired) electrons. The number of aromatic nitrogens is 1. The van der Waals surface area contributed by atoms with Crippen LogP contribution in [-0.2, 0) is 6.42 Å². The summed E-state index contributed by atoms with van der Waals surface area (Å²) < 4.78 is 0. The van der Waals surface area contributed by atoms with Crippen LogP contribution in [0.15, 0.2) is 30.5 Å².